The van der Waals surface area contributed by atoms with E-state index in [1.54, 1.807) is 0 Å². The minimum Gasteiger partial charge on any atom is -0.457 e. The fraction of sp³-hybridized carbons (Fsp3) is 0.533. The number of aliphatic hydroxyl groups excluding tert-OH is 1. The van der Waals surface area contributed by atoms with Crippen LogP contribution < -0.4 is 10.1 Å². The number of piperidine rings is 1. The molecule has 0 aliphatic carbocycles. The SMILES string of the molecule is O=C1CN(CCCO)C(=O)CCc2ccc(cc2)Oc2cccc(c2)CO[C@H]2CCN(S(=O)(=O)N3CCCC3)C[C@@H]2N1. The number of rotatable bonds is 5. The summed E-state index contributed by atoms with van der Waals surface area (Å²) in [6.07, 6.45) is 2.70. The number of aliphatic hydroxyl groups is 1. The molecule has 0 radical (unpaired) electrons. The minimum atomic E-state index is -3.66. The standard InChI is InChI=1S/C30H40N4O7S/c35-18-4-14-32-21-29(36)31-27-20-34(42(38,39)33-15-1-2-16-33)17-13-28(27)40-22-24-5-3-6-26(19-24)41-25-10-7-23(8-11-25)9-12-30(32)37/h3,5-8,10-11,19,27-28,35H,1-2,4,9,12-18,20-22H2,(H,31,36)/t27-,28-/m0/s1. The van der Waals surface area contributed by atoms with Gasteiger partial charge in [0.15, 0.2) is 0 Å². The van der Waals surface area contributed by atoms with Crippen LogP contribution >= 0.6 is 0 Å². The number of nitrogens with zero attached hydrogens (tertiary/aromatic N) is 3. The van der Waals surface area contributed by atoms with Crippen molar-refractivity contribution in [2.75, 3.05) is 45.9 Å². The molecule has 2 atom stereocenters. The fourth-order valence-electron chi connectivity index (χ4n) is 5.68. The summed E-state index contributed by atoms with van der Waals surface area (Å²) in [6.45, 7) is 1.58. The van der Waals surface area contributed by atoms with Crippen LogP contribution in [0.1, 0.15) is 43.2 Å². The molecule has 2 fully saturated rings. The molecule has 2 saturated heterocycles. The Balaban J connectivity index is 1.39. The van der Waals surface area contributed by atoms with E-state index in [2.05, 4.69) is 5.32 Å². The molecule has 42 heavy (non-hydrogen) atoms. The van der Waals surface area contributed by atoms with E-state index in [1.165, 1.54) is 13.5 Å². The van der Waals surface area contributed by atoms with Gasteiger partial charge in [0.1, 0.15) is 11.5 Å². The minimum absolute atomic E-state index is 0.0803. The van der Waals surface area contributed by atoms with Gasteiger partial charge < -0.3 is 24.8 Å². The number of hydrogen-bond donors (Lipinski definition) is 2. The van der Waals surface area contributed by atoms with Gasteiger partial charge in [0, 0.05) is 45.8 Å². The summed E-state index contributed by atoms with van der Waals surface area (Å²) in [5.74, 6) is 0.750. The van der Waals surface area contributed by atoms with E-state index < -0.39 is 28.3 Å². The topological polar surface area (TPSA) is 129 Å². The summed E-state index contributed by atoms with van der Waals surface area (Å²) in [6, 6.07) is 14.6. The zero-order chi connectivity index (χ0) is 29.5. The van der Waals surface area contributed by atoms with Crippen LogP contribution in [0, 0.1) is 0 Å². The highest BCUT2D eigenvalue weighted by molar-refractivity contribution is 7.86. The zero-order valence-electron chi connectivity index (χ0n) is 23.8. The Kier molecular flexibility index (Phi) is 10.1. The summed E-state index contributed by atoms with van der Waals surface area (Å²) >= 11 is 0. The predicted molar refractivity (Wildman–Crippen MR) is 156 cm³/mol. The van der Waals surface area contributed by atoms with Crippen molar-refractivity contribution < 1.29 is 32.6 Å². The first-order valence-corrected chi connectivity index (χ1v) is 16.1. The molecule has 2 aromatic carbocycles. The lowest BCUT2D eigenvalue weighted by molar-refractivity contribution is -0.137. The van der Waals surface area contributed by atoms with Crippen molar-refractivity contribution in [2.45, 2.75) is 57.3 Å². The molecule has 4 heterocycles. The largest absolute Gasteiger partial charge is 0.457 e. The van der Waals surface area contributed by atoms with Crippen LogP contribution in [-0.4, -0.2) is 96.9 Å². The first kappa shape index (κ1) is 30.4. The number of carbonyl (C=O) groups is 2. The first-order valence-electron chi connectivity index (χ1n) is 14.7. The molecule has 2 amide bonds. The Hall–Kier alpha value is -3.03. The number of carbonyl (C=O) groups excluding carboxylic acids is 2. The quantitative estimate of drug-likeness (QED) is 0.538. The Labute approximate surface area is 247 Å². The van der Waals surface area contributed by atoms with Crippen molar-refractivity contribution in [2.24, 2.45) is 0 Å². The van der Waals surface area contributed by atoms with E-state index in [4.69, 9.17) is 9.47 Å². The Morgan fingerprint density at radius 1 is 0.929 bits per heavy atom. The maximum absolute atomic E-state index is 13.3. The molecule has 12 heteroatoms. The maximum atomic E-state index is 13.3. The summed E-state index contributed by atoms with van der Waals surface area (Å²) < 4.78 is 42.0. The highest BCUT2D eigenvalue weighted by atomic mass is 32.2. The number of ether oxygens (including phenoxy) is 2. The molecule has 0 saturated carbocycles. The predicted octanol–water partition coefficient (Wildman–Crippen LogP) is 2.05. The third kappa shape index (κ3) is 7.67. The van der Waals surface area contributed by atoms with Crippen LogP contribution in [0.4, 0.5) is 0 Å². The van der Waals surface area contributed by atoms with Crippen molar-refractivity contribution >= 4 is 22.0 Å². The molecule has 4 aliphatic heterocycles. The second-order valence-electron chi connectivity index (χ2n) is 11.1. The van der Waals surface area contributed by atoms with Gasteiger partial charge in [-0.3, -0.25) is 9.59 Å². The third-order valence-electron chi connectivity index (χ3n) is 8.00. The molecule has 228 valence electrons. The lowest BCUT2D eigenvalue weighted by Crippen LogP contribution is -2.59. The average molecular weight is 601 g/mol. The van der Waals surface area contributed by atoms with Crippen molar-refractivity contribution in [1.82, 2.24) is 18.8 Å². The second-order valence-corrected chi connectivity index (χ2v) is 13.0. The number of amides is 2. The Bertz CT molecular complexity index is 1330. The van der Waals surface area contributed by atoms with Crippen LogP contribution in [0.15, 0.2) is 48.5 Å². The number of hydrogen-bond acceptors (Lipinski definition) is 7. The van der Waals surface area contributed by atoms with Crippen LogP contribution in [-0.2, 0) is 37.6 Å². The van der Waals surface area contributed by atoms with Gasteiger partial charge in [-0.2, -0.15) is 17.0 Å². The fourth-order valence-corrected chi connectivity index (χ4v) is 7.41. The molecule has 0 spiro atoms. The number of aryl methyl sites for hydroxylation is 1. The molecule has 6 rings (SSSR count). The van der Waals surface area contributed by atoms with Crippen LogP contribution in [0.25, 0.3) is 0 Å². The lowest BCUT2D eigenvalue weighted by Gasteiger charge is -2.39. The van der Waals surface area contributed by atoms with Gasteiger partial charge in [-0.1, -0.05) is 24.3 Å². The monoisotopic (exact) mass is 600 g/mol. The molecule has 4 bridgehead atoms. The molecule has 2 N–H and O–H groups in total. The number of nitrogens with one attached hydrogen (secondary N) is 1. The molecule has 11 nitrogen and oxygen atoms in total. The van der Waals surface area contributed by atoms with Crippen molar-refractivity contribution in [3.05, 3.63) is 59.7 Å². The highest BCUT2D eigenvalue weighted by Crippen LogP contribution is 2.26. The van der Waals surface area contributed by atoms with Crippen molar-refractivity contribution in [3.8, 4) is 11.5 Å². The normalized spacial score (nSPS) is 23.4. The molecule has 0 unspecified atom stereocenters. The van der Waals surface area contributed by atoms with E-state index in [-0.39, 0.29) is 51.7 Å². The lowest BCUT2D eigenvalue weighted by atomic mass is 10.0. The summed E-state index contributed by atoms with van der Waals surface area (Å²) in [4.78, 5) is 27.9. The van der Waals surface area contributed by atoms with E-state index in [0.29, 0.717) is 43.9 Å². The van der Waals surface area contributed by atoms with Crippen molar-refractivity contribution in [3.63, 3.8) is 0 Å². The summed E-state index contributed by atoms with van der Waals surface area (Å²) in [5, 5.41) is 12.4. The third-order valence-corrected chi connectivity index (χ3v) is 10.0. The Morgan fingerprint density at radius 3 is 2.48 bits per heavy atom. The van der Waals surface area contributed by atoms with E-state index in [9.17, 15) is 23.1 Å². The van der Waals surface area contributed by atoms with Gasteiger partial charge >= 0.3 is 0 Å². The summed E-state index contributed by atoms with van der Waals surface area (Å²) in [5.41, 5.74) is 1.85. The van der Waals surface area contributed by atoms with Crippen molar-refractivity contribution in [1.29, 1.82) is 0 Å². The molecule has 2 aromatic rings. The van der Waals surface area contributed by atoms with Gasteiger partial charge in [0.25, 0.3) is 10.2 Å². The van der Waals surface area contributed by atoms with E-state index in [1.807, 2.05) is 48.5 Å². The molecule has 4 aliphatic rings. The maximum Gasteiger partial charge on any atom is 0.282 e. The average Bonchev–Trinajstić information content (AvgIpc) is 3.54. The van der Waals surface area contributed by atoms with Crippen LogP contribution in [0.5, 0.6) is 11.5 Å². The van der Waals surface area contributed by atoms with Crippen LogP contribution in [0.2, 0.25) is 0 Å². The number of benzene rings is 2. The Morgan fingerprint density at radius 2 is 1.71 bits per heavy atom. The number of fused-ring (bicyclic) bond motifs is 9. The zero-order valence-corrected chi connectivity index (χ0v) is 24.6. The van der Waals surface area contributed by atoms with E-state index in [0.717, 1.165) is 24.0 Å². The van der Waals surface area contributed by atoms with E-state index >= 15 is 0 Å². The first-order chi connectivity index (χ1) is 20.3. The summed E-state index contributed by atoms with van der Waals surface area (Å²) in [7, 11) is -3.66. The van der Waals surface area contributed by atoms with Gasteiger partial charge in [0.2, 0.25) is 11.8 Å². The van der Waals surface area contributed by atoms with Gasteiger partial charge in [0.05, 0.1) is 25.3 Å². The van der Waals surface area contributed by atoms with Crippen LogP contribution in [0.3, 0.4) is 0 Å². The highest BCUT2D eigenvalue weighted by Gasteiger charge is 2.39. The second kappa shape index (κ2) is 14.0. The van der Waals surface area contributed by atoms with Gasteiger partial charge in [-0.05, 0) is 67.5 Å². The molecular weight excluding hydrogens is 560 g/mol. The van der Waals surface area contributed by atoms with Gasteiger partial charge in [-0.15, -0.1) is 0 Å². The van der Waals surface area contributed by atoms with Gasteiger partial charge in [-0.25, -0.2) is 0 Å². The molecular formula is C30H40N4O7S. The molecule has 0 aromatic heterocycles. The smallest absolute Gasteiger partial charge is 0.282 e.